The lowest BCUT2D eigenvalue weighted by molar-refractivity contribution is 1.13. The molecule has 0 spiro atoms. The molecule has 1 aromatic heterocycles. The molecule has 0 atom stereocenters. The van der Waals surface area contributed by atoms with E-state index in [1.807, 2.05) is 12.1 Å². The first-order valence-electron chi connectivity index (χ1n) is 3.96. The Kier molecular flexibility index (Phi) is 1.73. The molecule has 2 rings (SSSR count). The highest BCUT2D eigenvalue weighted by atomic mass is 32.1. The van der Waals surface area contributed by atoms with E-state index in [9.17, 15) is 0 Å². The second-order valence-corrected chi connectivity index (χ2v) is 3.75. The third kappa shape index (κ3) is 1.06. The molecule has 0 aliphatic rings. The maximum Gasteiger partial charge on any atom is 0.180 e. The van der Waals surface area contributed by atoms with Gasteiger partial charge in [-0.1, -0.05) is 30.4 Å². The van der Waals surface area contributed by atoms with Crippen molar-refractivity contribution in [3.63, 3.8) is 0 Å². The van der Waals surface area contributed by atoms with Crippen molar-refractivity contribution in [1.82, 2.24) is 4.98 Å². The van der Waals surface area contributed by atoms with Crippen molar-refractivity contribution in [2.75, 3.05) is 0 Å². The molecule has 0 bridgehead atoms. The Balaban J connectivity index is 2.87. The molecule has 0 amide bonds. The Morgan fingerprint density at radius 2 is 2.33 bits per heavy atom. The molecule has 3 heteroatoms. The lowest BCUT2D eigenvalue weighted by Gasteiger charge is -1.96. The number of hydrogen-bond donors (Lipinski definition) is 2. The van der Waals surface area contributed by atoms with Crippen molar-refractivity contribution in [2.45, 2.75) is 13.3 Å². The van der Waals surface area contributed by atoms with E-state index in [4.69, 9.17) is 5.41 Å². The van der Waals surface area contributed by atoms with Gasteiger partial charge in [0.1, 0.15) is 0 Å². The number of hydrogen-bond acceptors (Lipinski definition) is 2. The SMILES string of the molecule is CCc1cccc2sc(=N)[nH]c12. The molecule has 0 aliphatic carbocycles. The number of benzene rings is 1. The summed E-state index contributed by atoms with van der Waals surface area (Å²) in [5, 5.41) is 7.46. The predicted molar refractivity (Wildman–Crippen MR) is 51.4 cm³/mol. The molecule has 62 valence electrons. The fourth-order valence-corrected chi connectivity index (χ4v) is 2.15. The smallest absolute Gasteiger partial charge is 0.180 e. The van der Waals surface area contributed by atoms with Gasteiger partial charge in [-0.25, -0.2) is 0 Å². The van der Waals surface area contributed by atoms with Crippen LogP contribution in [-0.2, 0) is 6.42 Å². The molecule has 0 radical (unpaired) electrons. The largest absolute Gasteiger partial charge is 0.331 e. The van der Waals surface area contributed by atoms with E-state index < -0.39 is 0 Å². The van der Waals surface area contributed by atoms with Gasteiger partial charge in [-0.05, 0) is 18.1 Å². The van der Waals surface area contributed by atoms with Gasteiger partial charge >= 0.3 is 0 Å². The number of fused-ring (bicyclic) bond motifs is 1. The average molecular weight is 178 g/mol. The molecule has 2 aromatic rings. The first-order chi connectivity index (χ1) is 5.81. The Labute approximate surface area is 74.4 Å². The van der Waals surface area contributed by atoms with Crippen LogP contribution < -0.4 is 4.80 Å². The van der Waals surface area contributed by atoms with Crippen molar-refractivity contribution >= 4 is 21.6 Å². The van der Waals surface area contributed by atoms with Crippen LogP contribution in [0.3, 0.4) is 0 Å². The number of para-hydroxylation sites is 1. The maximum absolute atomic E-state index is 7.46. The molecule has 12 heavy (non-hydrogen) atoms. The maximum atomic E-state index is 7.46. The van der Waals surface area contributed by atoms with E-state index >= 15 is 0 Å². The number of aromatic nitrogens is 1. The summed E-state index contributed by atoms with van der Waals surface area (Å²) in [7, 11) is 0. The number of thiazole rings is 1. The Hall–Kier alpha value is -1.09. The van der Waals surface area contributed by atoms with Crippen LogP contribution in [0.25, 0.3) is 10.2 Å². The molecule has 0 saturated carbocycles. The number of rotatable bonds is 1. The summed E-state index contributed by atoms with van der Waals surface area (Å²) in [6.07, 6.45) is 1.02. The molecule has 1 heterocycles. The van der Waals surface area contributed by atoms with Crippen LogP contribution in [0.2, 0.25) is 0 Å². The second kappa shape index (κ2) is 2.75. The van der Waals surface area contributed by atoms with Gasteiger partial charge in [-0.15, -0.1) is 0 Å². The van der Waals surface area contributed by atoms with Crippen molar-refractivity contribution < 1.29 is 0 Å². The molecule has 2 N–H and O–H groups in total. The molecular formula is C9H10N2S. The fraction of sp³-hybridized carbons (Fsp3) is 0.222. The summed E-state index contributed by atoms with van der Waals surface area (Å²) in [6.45, 7) is 2.13. The van der Waals surface area contributed by atoms with E-state index in [0.29, 0.717) is 4.80 Å². The summed E-state index contributed by atoms with van der Waals surface area (Å²) in [4.78, 5) is 3.60. The monoisotopic (exact) mass is 178 g/mol. The van der Waals surface area contributed by atoms with Crippen molar-refractivity contribution in [3.05, 3.63) is 28.6 Å². The van der Waals surface area contributed by atoms with E-state index in [-0.39, 0.29) is 0 Å². The summed E-state index contributed by atoms with van der Waals surface area (Å²) < 4.78 is 1.18. The highest BCUT2D eigenvalue weighted by molar-refractivity contribution is 7.16. The lowest BCUT2D eigenvalue weighted by atomic mass is 10.1. The summed E-state index contributed by atoms with van der Waals surface area (Å²) in [5.41, 5.74) is 2.43. The number of aromatic amines is 1. The van der Waals surface area contributed by atoms with Crippen LogP contribution in [-0.4, -0.2) is 4.98 Å². The van der Waals surface area contributed by atoms with Crippen LogP contribution >= 0.6 is 11.3 Å². The number of aryl methyl sites for hydroxylation is 1. The molecule has 0 aliphatic heterocycles. The van der Waals surface area contributed by atoms with Gasteiger partial charge in [0.25, 0.3) is 0 Å². The summed E-state index contributed by atoms with van der Waals surface area (Å²) in [6, 6.07) is 6.20. The van der Waals surface area contributed by atoms with Crippen molar-refractivity contribution in [2.24, 2.45) is 0 Å². The topological polar surface area (TPSA) is 39.6 Å². The lowest BCUT2D eigenvalue weighted by Crippen LogP contribution is -1.92. The molecular weight excluding hydrogens is 168 g/mol. The zero-order valence-electron chi connectivity index (χ0n) is 6.85. The summed E-state index contributed by atoms with van der Waals surface area (Å²) >= 11 is 1.49. The van der Waals surface area contributed by atoms with Gasteiger partial charge in [0, 0.05) is 0 Å². The van der Waals surface area contributed by atoms with Gasteiger partial charge in [-0.3, -0.25) is 5.41 Å². The first kappa shape index (κ1) is 7.55. The van der Waals surface area contributed by atoms with Gasteiger partial charge in [0.15, 0.2) is 4.80 Å². The second-order valence-electron chi connectivity index (χ2n) is 2.70. The van der Waals surface area contributed by atoms with Crippen molar-refractivity contribution in [1.29, 1.82) is 5.41 Å². The molecule has 0 fully saturated rings. The Morgan fingerprint density at radius 3 is 3.08 bits per heavy atom. The van der Waals surface area contributed by atoms with Gasteiger partial charge < -0.3 is 4.98 Å². The normalized spacial score (nSPS) is 10.8. The molecule has 1 aromatic carbocycles. The van der Waals surface area contributed by atoms with Crippen LogP contribution in [0.4, 0.5) is 0 Å². The van der Waals surface area contributed by atoms with Gasteiger partial charge in [0.2, 0.25) is 0 Å². The van der Waals surface area contributed by atoms with Crippen LogP contribution in [0.1, 0.15) is 12.5 Å². The Bertz CT molecular complexity index is 453. The molecule has 0 unspecified atom stereocenters. The quantitative estimate of drug-likeness (QED) is 0.672. The van der Waals surface area contributed by atoms with E-state index in [1.165, 1.54) is 21.6 Å². The van der Waals surface area contributed by atoms with E-state index in [0.717, 1.165) is 11.9 Å². The third-order valence-corrected chi connectivity index (χ3v) is 2.81. The minimum Gasteiger partial charge on any atom is -0.331 e. The molecule has 0 saturated heterocycles. The zero-order valence-corrected chi connectivity index (χ0v) is 7.66. The van der Waals surface area contributed by atoms with E-state index in [1.54, 1.807) is 0 Å². The van der Waals surface area contributed by atoms with Crippen LogP contribution in [0.15, 0.2) is 18.2 Å². The number of H-pyrrole nitrogens is 1. The summed E-state index contributed by atoms with van der Waals surface area (Å²) in [5.74, 6) is 0. The zero-order chi connectivity index (χ0) is 8.55. The minimum atomic E-state index is 0.533. The van der Waals surface area contributed by atoms with Crippen LogP contribution in [0, 0.1) is 5.41 Å². The van der Waals surface area contributed by atoms with Crippen molar-refractivity contribution in [3.8, 4) is 0 Å². The van der Waals surface area contributed by atoms with Gasteiger partial charge in [-0.2, -0.15) is 0 Å². The third-order valence-electron chi connectivity index (χ3n) is 1.94. The van der Waals surface area contributed by atoms with Gasteiger partial charge in [0.05, 0.1) is 10.2 Å². The first-order valence-corrected chi connectivity index (χ1v) is 4.78. The highest BCUT2D eigenvalue weighted by Crippen LogP contribution is 2.18. The van der Waals surface area contributed by atoms with Crippen LogP contribution in [0.5, 0.6) is 0 Å². The minimum absolute atomic E-state index is 0.533. The molecule has 2 nitrogen and oxygen atoms in total. The number of nitrogens with one attached hydrogen (secondary N) is 2. The average Bonchev–Trinajstić information content (AvgIpc) is 2.44. The standard InChI is InChI=1S/C9H10N2S/c1-2-6-4-3-5-7-8(6)11-9(10)12-7/h3-5H,2H2,1H3,(H2,10,11). The predicted octanol–water partition coefficient (Wildman–Crippen LogP) is 2.27. The Morgan fingerprint density at radius 1 is 1.50 bits per heavy atom. The van der Waals surface area contributed by atoms with E-state index in [2.05, 4.69) is 18.0 Å². The fourth-order valence-electron chi connectivity index (χ4n) is 1.35. The highest BCUT2D eigenvalue weighted by Gasteiger charge is 2.00.